The van der Waals surface area contributed by atoms with Gasteiger partial charge in [0, 0.05) is 29.4 Å². The lowest BCUT2D eigenvalue weighted by molar-refractivity contribution is -0.198. The minimum Gasteiger partial charge on any atom is -0.480 e. The summed E-state index contributed by atoms with van der Waals surface area (Å²) in [6, 6.07) is 6.42. The molecular formula is C26H26ClF3N6O3. The van der Waals surface area contributed by atoms with Gasteiger partial charge in [0.2, 0.25) is 17.9 Å². The van der Waals surface area contributed by atoms with Crippen LogP contribution in [0.3, 0.4) is 0 Å². The maximum absolute atomic E-state index is 14.4. The van der Waals surface area contributed by atoms with Gasteiger partial charge in [-0.15, -0.1) is 0 Å². The molecule has 0 radical (unpaired) electrons. The molecule has 2 aromatic heterocycles. The molecule has 1 fully saturated rings. The Morgan fingerprint density at radius 2 is 2.10 bits per heavy atom. The van der Waals surface area contributed by atoms with Crippen molar-refractivity contribution in [2.24, 2.45) is 5.41 Å². The molecule has 3 unspecified atom stereocenters. The van der Waals surface area contributed by atoms with Gasteiger partial charge in [0.15, 0.2) is 0 Å². The lowest BCUT2D eigenvalue weighted by Crippen LogP contribution is -2.30. The van der Waals surface area contributed by atoms with Crippen molar-refractivity contribution in [1.82, 2.24) is 25.1 Å². The van der Waals surface area contributed by atoms with Gasteiger partial charge in [0.1, 0.15) is 6.04 Å². The summed E-state index contributed by atoms with van der Waals surface area (Å²) in [5.74, 6) is -1.43. The van der Waals surface area contributed by atoms with Gasteiger partial charge < -0.3 is 20.9 Å². The first kappa shape index (κ1) is 26.9. The zero-order valence-corrected chi connectivity index (χ0v) is 21.6. The van der Waals surface area contributed by atoms with E-state index < -0.39 is 24.3 Å². The molecule has 4 N–H and O–H groups in total. The van der Waals surface area contributed by atoms with Crippen molar-refractivity contribution in [2.75, 3.05) is 12.3 Å². The summed E-state index contributed by atoms with van der Waals surface area (Å²) in [5.41, 5.74) is 7.40. The molecule has 3 heterocycles. The molecule has 1 spiro atoms. The van der Waals surface area contributed by atoms with E-state index >= 15 is 0 Å². The third kappa shape index (κ3) is 5.71. The first-order valence-electron chi connectivity index (χ1n) is 12.3. The van der Waals surface area contributed by atoms with Crippen LogP contribution in [0.4, 0.5) is 19.1 Å². The molecule has 13 heteroatoms. The molecule has 0 bridgehead atoms. The second kappa shape index (κ2) is 10.2. The highest BCUT2D eigenvalue weighted by molar-refractivity contribution is 6.30. The van der Waals surface area contributed by atoms with Crippen molar-refractivity contribution in [3.8, 4) is 11.6 Å². The number of nitrogen functional groups attached to an aromatic ring is 1. The van der Waals surface area contributed by atoms with Gasteiger partial charge in [-0.25, -0.2) is 9.67 Å². The van der Waals surface area contributed by atoms with Crippen LogP contribution in [0.2, 0.25) is 5.02 Å². The van der Waals surface area contributed by atoms with Crippen molar-refractivity contribution in [3.63, 3.8) is 0 Å². The van der Waals surface area contributed by atoms with Gasteiger partial charge >= 0.3 is 12.1 Å². The Kier molecular flexibility index (Phi) is 7.02. The van der Waals surface area contributed by atoms with E-state index in [9.17, 15) is 23.1 Å². The van der Waals surface area contributed by atoms with E-state index in [1.54, 1.807) is 19.2 Å². The number of allylic oxidation sites excluding steroid dienone is 2. The molecule has 0 amide bonds. The summed E-state index contributed by atoms with van der Waals surface area (Å²) >= 11 is 6.11. The second-order valence-electron chi connectivity index (χ2n) is 10.0. The van der Waals surface area contributed by atoms with Crippen LogP contribution in [0.1, 0.15) is 48.7 Å². The number of nitrogens with one attached hydrogen (secondary N) is 1. The Morgan fingerprint density at radius 1 is 1.31 bits per heavy atom. The third-order valence-electron chi connectivity index (χ3n) is 7.19. The van der Waals surface area contributed by atoms with Gasteiger partial charge in [-0.1, -0.05) is 23.7 Å². The number of aryl methyl sites for hydroxylation is 1. The number of nitrogens with zero attached hydrogens (tertiary/aromatic N) is 4. The molecule has 206 valence electrons. The van der Waals surface area contributed by atoms with Gasteiger partial charge in [-0.3, -0.25) is 4.79 Å². The minimum atomic E-state index is -4.81. The molecule has 1 aliphatic heterocycles. The summed E-state index contributed by atoms with van der Waals surface area (Å²) in [7, 11) is 0. The Bertz CT molecular complexity index is 1440. The number of carbonyl (C=O) groups is 1. The smallest absolute Gasteiger partial charge is 0.429 e. The van der Waals surface area contributed by atoms with Crippen LogP contribution in [-0.4, -0.2) is 49.6 Å². The van der Waals surface area contributed by atoms with E-state index in [2.05, 4.69) is 20.4 Å². The lowest BCUT2D eigenvalue weighted by Gasteiger charge is -2.31. The monoisotopic (exact) mass is 562 g/mol. The number of aromatic nitrogens is 4. The Labute approximate surface area is 226 Å². The quantitative estimate of drug-likeness (QED) is 0.387. The predicted octanol–water partition coefficient (Wildman–Crippen LogP) is 4.89. The Morgan fingerprint density at radius 3 is 2.72 bits per heavy atom. The van der Waals surface area contributed by atoms with E-state index in [1.807, 2.05) is 6.08 Å². The maximum Gasteiger partial charge on any atom is 0.429 e. The van der Waals surface area contributed by atoms with E-state index in [0.717, 1.165) is 5.57 Å². The first-order chi connectivity index (χ1) is 18.4. The predicted molar refractivity (Wildman–Crippen MR) is 137 cm³/mol. The number of rotatable bonds is 6. The molecule has 0 saturated carbocycles. The van der Waals surface area contributed by atoms with Crippen LogP contribution in [-0.2, 0) is 4.79 Å². The highest BCUT2D eigenvalue weighted by Gasteiger charge is 2.45. The summed E-state index contributed by atoms with van der Waals surface area (Å²) in [4.78, 5) is 19.5. The van der Waals surface area contributed by atoms with Crippen molar-refractivity contribution < 1.29 is 27.8 Å². The average Bonchev–Trinajstić information content (AvgIpc) is 3.49. The third-order valence-corrected chi connectivity index (χ3v) is 7.43. The van der Waals surface area contributed by atoms with Crippen LogP contribution in [0.5, 0.6) is 5.88 Å². The number of alkyl halides is 3. The normalized spacial score (nSPS) is 22.1. The number of hydrogen-bond acceptors (Lipinski definition) is 7. The lowest BCUT2D eigenvalue weighted by atomic mass is 9.73. The number of ether oxygens (including phenoxy) is 1. The molecule has 3 aromatic rings. The van der Waals surface area contributed by atoms with E-state index in [1.165, 1.54) is 28.9 Å². The van der Waals surface area contributed by atoms with Gasteiger partial charge in [0.25, 0.3) is 0 Å². The number of carboxylic acids is 1. The van der Waals surface area contributed by atoms with Crippen LogP contribution < -0.4 is 15.8 Å². The van der Waals surface area contributed by atoms with Crippen molar-refractivity contribution in [1.29, 1.82) is 0 Å². The molecule has 2 aliphatic rings. The standard InChI is InChI=1S/C26H26ClF3N6O3/c1-14-6-9-36(35-14)20-10-16(27)2-3-17(20)22(26(28,29)30)39-21-11-18(33-24(31)34-21)15-4-7-25(8-5-15)12-19(23(37)38)32-13-25/h2-4,6,9-11,19,22,32H,5,7-8,12-13H2,1H3,(H,37,38)(H2,31,33,34). The number of halogens is 4. The highest BCUT2D eigenvalue weighted by atomic mass is 35.5. The molecule has 1 aromatic carbocycles. The van der Waals surface area contributed by atoms with Crippen LogP contribution >= 0.6 is 11.6 Å². The molecular weight excluding hydrogens is 537 g/mol. The highest BCUT2D eigenvalue weighted by Crippen LogP contribution is 2.45. The minimum absolute atomic E-state index is 0.116. The van der Waals surface area contributed by atoms with Gasteiger partial charge in [0.05, 0.1) is 17.1 Å². The topological polar surface area (TPSA) is 128 Å². The van der Waals surface area contributed by atoms with E-state index in [0.29, 0.717) is 43.6 Å². The Hall–Kier alpha value is -3.64. The summed E-state index contributed by atoms with van der Waals surface area (Å²) < 4.78 is 49.9. The SMILES string of the molecule is Cc1ccn(-c2cc(Cl)ccc2C(Oc2cc(C3=CCC4(CC3)CNC(C(=O)O)C4)nc(N)n2)C(F)(F)F)n1. The molecule has 1 saturated heterocycles. The summed E-state index contributed by atoms with van der Waals surface area (Å²) in [6.45, 7) is 2.31. The van der Waals surface area contributed by atoms with Gasteiger partial charge in [-0.05, 0) is 61.8 Å². The summed E-state index contributed by atoms with van der Waals surface area (Å²) in [6.07, 6.45) is -1.32. The molecule has 9 nitrogen and oxygen atoms in total. The fourth-order valence-electron chi connectivity index (χ4n) is 5.20. The number of aliphatic carboxylic acids is 1. The molecule has 3 atom stereocenters. The number of benzene rings is 1. The van der Waals surface area contributed by atoms with Gasteiger partial charge in [-0.2, -0.15) is 23.3 Å². The molecule has 39 heavy (non-hydrogen) atoms. The van der Waals surface area contributed by atoms with Crippen LogP contribution in [0.25, 0.3) is 11.3 Å². The Balaban J connectivity index is 1.44. The number of anilines is 1. The molecule has 1 aliphatic carbocycles. The van der Waals surface area contributed by atoms with Crippen molar-refractivity contribution >= 4 is 29.1 Å². The average molecular weight is 563 g/mol. The molecule has 5 rings (SSSR count). The number of hydrogen-bond donors (Lipinski definition) is 3. The van der Waals surface area contributed by atoms with Crippen molar-refractivity contribution in [2.45, 2.75) is 50.9 Å². The fraction of sp³-hybridized carbons (Fsp3) is 0.385. The van der Waals surface area contributed by atoms with Crippen LogP contribution in [0, 0.1) is 12.3 Å². The maximum atomic E-state index is 14.4. The first-order valence-corrected chi connectivity index (χ1v) is 12.7. The largest absolute Gasteiger partial charge is 0.480 e. The zero-order valence-electron chi connectivity index (χ0n) is 20.9. The summed E-state index contributed by atoms with van der Waals surface area (Å²) in [5, 5.41) is 16.8. The van der Waals surface area contributed by atoms with E-state index in [4.69, 9.17) is 22.1 Å². The zero-order chi connectivity index (χ0) is 27.9. The van der Waals surface area contributed by atoms with Crippen LogP contribution in [0.15, 0.2) is 42.6 Å². The number of carboxylic acid groups (broad SMARTS) is 1. The van der Waals surface area contributed by atoms with E-state index in [-0.39, 0.29) is 33.5 Å². The second-order valence-corrected chi connectivity index (χ2v) is 10.4. The fourth-order valence-corrected chi connectivity index (χ4v) is 5.36. The van der Waals surface area contributed by atoms with Crippen molar-refractivity contribution in [3.05, 3.63) is 64.6 Å². The number of nitrogens with two attached hydrogens (primary N) is 1.